The van der Waals surface area contributed by atoms with Crippen molar-refractivity contribution < 1.29 is 4.79 Å². The number of nitrogens with one attached hydrogen (secondary N) is 2. The average molecular weight is 204 g/mol. The van der Waals surface area contributed by atoms with E-state index in [1.807, 2.05) is 35.2 Å². The predicted octanol–water partition coefficient (Wildman–Crippen LogP) is 1.12. The molecule has 4 nitrogen and oxygen atoms in total. The first-order chi connectivity index (χ1) is 7.36. The molecule has 2 amide bonds. The molecule has 0 spiro atoms. The van der Waals surface area contributed by atoms with Crippen LogP contribution < -0.4 is 10.6 Å². The quantitative estimate of drug-likeness (QED) is 0.720. The van der Waals surface area contributed by atoms with E-state index in [9.17, 15) is 4.79 Å². The molecule has 1 aliphatic heterocycles. The molecule has 1 aliphatic rings. The lowest BCUT2D eigenvalue weighted by atomic mass is 10.1. The highest BCUT2D eigenvalue weighted by molar-refractivity contribution is 5.89. The highest BCUT2D eigenvalue weighted by atomic mass is 16.1. The van der Waals surface area contributed by atoms with E-state index < -0.39 is 0 Å². The first kappa shape index (κ1) is 9.98. The third kappa shape index (κ3) is 2.70. The van der Waals surface area contributed by atoms with Gasteiger partial charge in [0.15, 0.2) is 0 Å². The molecule has 0 aromatic heterocycles. The van der Waals surface area contributed by atoms with Crippen molar-refractivity contribution in [2.75, 3.05) is 31.5 Å². The molecule has 1 heterocycles. The monoisotopic (exact) mass is 204 g/mol. The van der Waals surface area contributed by atoms with Gasteiger partial charge in [-0.1, -0.05) is 18.2 Å². The molecule has 0 radical (unpaired) electrons. The lowest BCUT2D eigenvalue weighted by Gasteiger charge is -2.27. The van der Waals surface area contributed by atoms with E-state index in [0.29, 0.717) is 0 Å². The molecular formula is C11H15N3O. The van der Waals surface area contributed by atoms with Crippen molar-refractivity contribution in [1.82, 2.24) is 10.2 Å². The van der Waals surface area contributed by atoms with Gasteiger partial charge in [0.05, 0.1) is 0 Å². The fraction of sp³-hybridized carbons (Fsp3) is 0.364. The summed E-state index contributed by atoms with van der Waals surface area (Å²) in [6, 6.07) is 9.52. The molecule has 2 rings (SSSR count). The van der Waals surface area contributed by atoms with Crippen LogP contribution in [0.2, 0.25) is 0 Å². The van der Waals surface area contributed by atoms with Crippen LogP contribution >= 0.6 is 0 Å². The number of para-hydroxylation sites is 1. The molecule has 1 saturated heterocycles. The van der Waals surface area contributed by atoms with Crippen LogP contribution in [0.25, 0.3) is 0 Å². The number of benzene rings is 1. The number of nitrogens with zero attached hydrogens (tertiary/aromatic N) is 1. The van der Waals surface area contributed by atoms with E-state index in [2.05, 4.69) is 10.6 Å². The van der Waals surface area contributed by atoms with Gasteiger partial charge in [0.2, 0.25) is 0 Å². The van der Waals surface area contributed by atoms with Crippen LogP contribution in [-0.4, -0.2) is 37.1 Å². The van der Waals surface area contributed by atoms with Crippen molar-refractivity contribution in [2.24, 2.45) is 0 Å². The molecule has 0 atom stereocenters. The fourth-order valence-electron chi connectivity index (χ4n) is 1.59. The molecule has 1 fully saturated rings. The van der Waals surface area contributed by atoms with Gasteiger partial charge in [-0.25, -0.2) is 4.79 Å². The summed E-state index contributed by atoms with van der Waals surface area (Å²) < 4.78 is 0. The Morgan fingerprint density at radius 3 is 2.53 bits per heavy atom. The van der Waals surface area contributed by atoms with Gasteiger partial charge in [0.25, 0.3) is 0 Å². The standard InChI is InChI=1S/C11H15N3O/c15-11(14-8-6-12-7-9-14)13-10-4-2-1-3-5-10/h1-5,12H,6-9H2,(H,13,15)/i11-1. The van der Waals surface area contributed by atoms with Crippen LogP contribution in [0.5, 0.6) is 0 Å². The molecule has 0 saturated carbocycles. The van der Waals surface area contributed by atoms with Crippen molar-refractivity contribution in [2.45, 2.75) is 0 Å². The third-order valence-electron chi connectivity index (χ3n) is 2.43. The maximum Gasteiger partial charge on any atom is 0.321 e. The summed E-state index contributed by atoms with van der Waals surface area (Å²) in [6.45, 7) is 3.31. The van der Waals surface area contributed by atoms with Crippen molar-refractivity contribution in [1.29, 1.82) is 0 Å². The molecule has 80 valence electrons. The van der Waals surface area contributed by atoms with Crippen molar-refractivity contribution in [3.8, 4) is 0 Å². The normalized spacial score (nSPS) is 16.1. The van der Waals surface area contributed by atoms with Gasteiger partial charge in [0.1, 0.15) is 0 Å². The second-order valence-corrected chi connectivity index (χ2v) is 3.53. The van der Waals surface area contributed by atoms with Gasteiger partial charge in [-0.05, 0) is 12.1 Å². The molecule has 1 aromatic carbocycles. The van der Waals surface area contributed by atoms with Gasteiger partial charge in [-0.2, -0.15) is 0 Å². The number of piperazine rings is 1. The number of hydrogen-bond acceptors (Lipinski definition) is 2. The Kier molecular flexibility index (Phi) is 3.19. The van der Waals surface area contributed by atoms with Crippen molar-refractivity contribution in [3.63, 3.8) is 0 Å². The summed E-state index contributed by atoms with van der Waals surface area (Å²) in [6.07, 6.45) is 0. The van der Waals surface area contributed by atoms with Gasteiger partial charge in [0, 0.05) is 31.9 Å². The Morgan fingerprint density at radius 1 is 1.20 bits per heavy atom. The smallest absolute Gasteiger partial charge is 0.321 e. The molecule has 4 heteroatoms. The van der Waals surface area contributed by atoms with Crippen LogP contribution in [0.4, 0.5) is 10.5 Å². The number of carbonyl (C=O) groups excluding carboxylic acids is 1. The number of urea groups is 1. The SMILES string of the molecule is O=[11C](Nc1ccccc1)N1CCNCC1. The second kappa shape index (κ2) is 4.79. The van der Waals surface area contributed by atoms with Gasteiger partial charge >= 0.3 is 6.03 Å². The average Bonchev–Trinajstić information content (AvgIpc) is 2.31. The summed E-state index contributed by atoms with van der Waals surface area (Å²) in [5.41, 5.74) is 0.848. The number of rotatable bonds is 1. The number of amides is 2. The van der Waals surface area contributed by atoms with Gasteiger partial charge in [-0.15, -0.1) is 0 Å². The molecule has 0 bridgehead atoms. The van der Waals surface area contributed by atoms with Crippen molar-refractivity contribution in [3.05, 3.63) is 30.3 Å². The predicted molar refractivity (Wildman–Crippen MR) is 59.9 cm³/mol. The van der Waals surface area contributed by atoms with E-state index in [4.69, 9.17) is 0 Å². The van der Waals surface area contributed by atoms with Crippen molar-refractivity contribution >= 4 is 11.7 Å². The minimum atomic E-state index is -0.0114. The summed E-state index contributed by atoms with van der Waals surface area (Å²) in [5.74, 6) is 0. The fourth-order valence-corrected chi connectivity index (χ4v) is 1.59. The molecule has 15 heavy (non-hydrogen) atoms. The number of anilines is 1. The van der Waals surface area contributed by atoms with Crippen LogP contribution in [0.1, 0.15) is 0 Å². The zero-order valence-corrected chi connectivity index (χ0v) is 8.57. The third-order valence-corrected chi connectivity index (χ3v) is 2.43. The van der Waals surface area contributed by atoms with E-state index in [1.54, 1.807) is 0 Å². The topological polar surface area (TPSA) is 44.4 Å². The number of hydrogen-bond donors (Lipinski definition) is 2. The minimum absolute atomic E-state index is 0.0114. The van der Waals surface area contributed by atoms with E-state index in [-0.39, 0.29) is 6.03 Å². The first-order valence-corrected chi connectivity index (χ1v) is 5.18. The lowest BCUT2D eigenvalue weighted by molar-refractivity contribution is 0.204. The maximum atomic E-state index is 11.8. The van der Waals surface area contributed by atoms with E-state index >= 15 is 0 Å². The Bertz CT molecular complexity index is 320. The Hall–Kier alpha value is -1.55. The largest absolute Gasteiger partial charge is 0.322 e. The molecule has 0 aliphatic carbocycles. The zero-order chi connectivity index (χ0) is 10.5. The summed E-state index contributed by atoms with van der Waals surface area (Å²) in [7, 11) is 0. The van der Waals surface area contributed by atoms with Crippen LogP contribution in [-0.2, 0) is 0 Å². The Morgan fingerprint density at radius 2 is 1.87 bits per heavy atom. The molecule has 0 unspecified atom stereocenters. The summed E-state index contributed by atoms with van der Waals surface area (Å²) in [5, 5.41) is 6.08. The van der Waals surface area contributed by atoms with Crippen LogP contribution in [0, 0.1) is 0 Å². The lowest BCUT2D eigenvalue weighted by Crippen LogP contribution is -2.48. The number of carbonyl (C=O) groups is 1. The highest BCUT2D eigenvalue weighted by Gasteiger charge is 2.15. The van der Waals surface area contributed by atoms with E-state index in [1.165, 1.54) is 0 Å². The second-order valence-electron chi connectivity index (χ2n) is 3.53. The van der Waals surface area contributed by atoms with Gasteiger partial charge in [-0.3, -0.25) is 0 Å². The first-order valence-electron chi connectivity index (χ1n) is 5.18. The minimum Gasteiger partial charge on any atom is -0.322 e. The molecule has 1 aromatic rings. The maximum absolute atomic E-state index is 11.8. The van der Waals surface area contributed by atoms with Crippen LogP contribution in [0.3, 0.4) is 0 Å². The summed E-state index contributed by atoms with van der Waals surface area (Å²) >= 11 is 0. The molecule has 2 N–H and O–H groups in total. The Labute approximate surface area is 89.3 Å². The Balaban J connectivity index is 1.91. The summed E-state index contributed by atoms with van der Waals surface area (Å²) in [4.78, 5) is 13.6. The van der Waals surface area contributed by atoms with E-state index in [0.717, 1.165) is 31.9 Å². The van der Waals surface area contributed by atoms with Crippen LogP contribution in [0.15, 0.2) is 30.3 Å². The highest BCUT2D eigenvalue weighted by Crippen LogP contribution is 2.06. The zero-order valence-electron chi connectivity index (χ0n) is 8.57. The molecular weight excluding hydrogens is 189 g/mol. The van der Waals surface area contributed by atoms with Gasteiger partial charge < -0.3 is 15.5 Å².